The number of urea groups is 1. The first-order valence-electron chi connectivity index (χ1n) is 12.8. The van der Waals surface area contributed by atoms with Crippen LogP contribution in [0.15, 0.2) is 72.9 Å². The summed E-state index contributed by atoms with van der Waals surface area (Å²) >= 11 is 0. The lowest BCUT2D eigenvalue weighted by Crippen LogP contribution is -2.59. The largest absolute Gasteiger partial charge is 0.493 e. The molecule has 1 unspecified atom stereocenters. The molecular weight excluding hydrogens is 531 g/mol. The number of aromatic nitrogens is 1. The third-order valence-corrected chi connectivity index (χ3v) is 6.72. The summed E-state index contributed by atoms with van der Waals surface area (Å²) in [6, 6.07) is 16.3. The van der Waals surface area contributed by atoms with E-state index in [0.29, 0.717) is 40.7 Å². The summed E-state index contributed by atoms with van der Waals surface area (Å²) in [5, 5.41) is 3.47. The van der Waals surface area contributed by atoms with Crippen LogP contribution in [-0.4, -0.2) is 55.0 Å². The van der Waals surface area contributed by atoms with Gasteiger partial charge >= 0.3 is 6.03 Å². The number of fused-ring (bicyclic) bond motifs is 1. The average molecular weight is 559 g/mol. The minimum Gasteiger partial charge on any atom is -0.493 e. The molecule has 4 amide bonds. The molecule has 0 aliphatic carbocycles. The van der Waals surface area contributed by atoms with E-state index in [4.69, 9.17) is 14.2 Å². The van der Waals surface area contributed by atoms with Crippen molar-refractivity contribution in [2.45, 2.75) is 6.92 Å². The van der Waals surface area contributed by atoms with Crippen molar-refractivity contribution in [3.05, 3.63) is 78.7 Å². The van der Waals surface area contributed by atoms with Crippen LogP contribution in [0, 0.1) is 11.7 Å². The van der Waals surface area contributed by atoms with Gasteiger partial charge in [-0.2, -0.15) is 0 Å². The van der Waals surface area contributed by atoms with Crippen molar-refractivity contribution in [1.82, 2.24) is 9.88 Å². The number of halogens is 1. The quantitative estimate of drug-likeness (QED) is 0.295. The molecule has 1 aliphatic rings. The van der Waals surface area contributed by atoms with Crippen LogP contribution in [0.1, 0.15) is 6.92 Å². The summed E-state index contributed by atoms with van der Waals surface area (Å²) in [6.45, 7) is 1.98. The van der Waals surface area contributed by atoms with Crippen LogP contribution in [0.25, 0.3) is 10.9 Å². The minimum atomic E-state index is -1.15. The Balaban J connectivity index is 1.32. The van der Waals surface area contributed by atoms with Gasteiger partial charge in [-0.1, -0.05) is 0 Å². The molecule has 1 aromatic heterocycles. The van der Waals surface area contributed by atoms with Gasteiger partial charge in [-0.25, -0.2) is 14.1 Å². The number of methoxy groups -OCH3 is 2. The molecule has 210 valence electrons. The number of carbonyl (C=O) groups excluding carboxylic acids is 3. The molecule has 0 spiro atoms. The van der Waals surface area contributed by atoms with E-state index in [2.05, 4.69) is 10.3 Å². The molecule has 0 bridgehead atoms. The summed E-state index contributed by atoms with van der Waals surface area (Å²) in [6.07, 6.45) is 1.62. The van der Waals surface area contributed by atoms with Crippen LogP contribution in [0.2, 0.25) is 0 Å². The van der Waals surface area contributed by atoms with Crippen molar-refractivity contribution in [3.8, 4) is 23.0 Å². The van der Waals surface area contributed by atoms with Crippen molar-refractivity contribution in [1.29, 1.82) is 0 Å². The lowest BCUT2D eigenvalue weighted by molar-refractivity contribution is -0.132. The lowest BCUT2D eigenvalue weighted by Gasteiger charge is -2.37. The van der Waals surface area contributed by atoms with Crippen molar-refractivity contribution < 1.29 is 33.0 Å². The van der Waals surface area contributed by atoms with Crippen LogP contribution in [-0.2, 0) is 9.59 Å². The fraction of sp³-hybridized carbons (Fsp3) is 0.200. The predicted molar refractivity (Wildman–Crippen MR) is 150 cm³/mol. The summed E-state index contributed by atoms with van der Waals surface area (Å²) in [5.74, 6) is -0.762. The lowest BCUT2D eigenvalue weighted by atomic mass is 10.0. The van der Waals surface area contributed by atoms with Gasteiger partial charge in [-0.15, -0.1) is 0 Å². The fourth-order valence-electron chi connectivity index (χ4n) is 4.55. The Kier molecular flexibility index (Phi) is 7.68. The van der Waals surface area contributed by atoms with Gasteiger partial charge in [0.15, 0.2) is 11.5 Å². The van der Waals surface area contributed by atoms with Gasteiger partial charge < -0.3 is 24.4 Å². The number of nitrogens with zero attached hydrogens (tertiary/aromatic N) is 3. The first kappa shape index (κ1) is 27.4. The molecule has 1 saturated heterocycles. The molecule has 1 N–H and O–H groups in total. The summed E-state index contributed by atoms with van der Waals surface area (Å²) in [5.41, 5.74) is 1.29. The Labute approximate surface area is 235 Å². The van der Waals surface area contributed by atoms with Gasteiger partial charge in [0.05, 0.1) is 25.4 Å². The highest BCUT2D eigenvalue weighted by molar-refractivity contribution is 6.23. The highest BCUT2D eigenvalue weighted by atomic mass is 19.1. The van der Waals surface area contributed by atoms with Crippen LogP contribution in [0.4, 0.5) is 20.6 Å². The van der Waals surface area contributed by atoms with E-state index in [-0.39, 0.29) is 12.2 Å². The van der Waals surface area contributed by atoms with Crippen molar-refractivity contribution in [2.75, 3.05) is 37.5 Å². The van der Waals surface area contributed by atoms with Gasteiger partial charge in [0.2, 0.25) is 11.8 Å². The van der Waals surface area contributed by atoms with Crippen LogP contribution in [0.5, 0.6) is 23.0 Å². The van der Waals surface area contributed by atoms with E-state index >= 15 is 0 Å². The molecule has 0 saturated carbocycles. The molecular formula is C30H27FN4O6. The van der Waals surface area contributed by atoms with Gasteiger partial charge in [0.25, 0.3) is 0 Å². The standard InChI is InChI=1S/C30H27FN4O6/c1-4-34-17-23(29(37)35(30(34)38)20-9-5-18(31)6-10-20)28(36)33-19-7-11-21(12-8-19)41-25-13-14-32-24-16-27(40-3)26(39-2)15-22(24)25/h5-16,23H,4,17H2,1-3H3,(H,33,36). The molecule has 10 nitrogen and oxygen atoms in total. The Morgan fingerprint density at radius 3 is 2.32 bits per heavy atom. The van der Waals surface area contributed by atoms with E-state index in [0.717, 1.165) is 22.4 Å². The molecule has 2 heterocycles. The number of nitrogens with one attached hydrogen (secondary N) is 1. The monoisotopic (exact) mass is 558 g/mol. The summed E-state index contributed by atoms with van der Waals surface area (Å²) < 4.78 is 30.3. The molecule has 4 aromatic rings. The van der Waals surface area contributed by atoms with Crippen molar-refractivity contribution in [2.24, 2.45) is 5.92 Å². The zero-order valence-corrected chi connectivity index (χ0v) is 22.6. The number of hydrogen-bond acceptors (Lipinski definition) is 7. The molecule has 3 aromatic carbocycles. The summed E-state index contributed by atoms with van der Waals surface area (Å²) in [4.78, 5) is 46.0. The maximum Gasteiger partial charge on any atom is 0.331 e. The number of imide groups is 1. The number of benzene rings is 3. The number of ether oxygens (including phenoxy) is 3. The Morgan fingerprint density at radius 1 is 0.976 bits per heavy atom. The Bertz CT molecular complexity index is 1610. The molecule has 5 rings (SSSR count). The zero-order chi connectivity index (χ0) is 29.1. The summed E-state index contributed by atoms with van der Waals surface area (Å²) in [7, 11) is 3.10. The number of carbonyl (C=O) groups is 3. The first-order valence-corrected chi connectivity index (χ1v) is 12.8. The average Bonchev–Trinajstić information content (AvgIpc) is 2.98. The van der Waals surface area contributed by atoms with Gasteiger partial charge in [0, 0.05) is 36.4 Å². The second-order valence-corrected chi connectivity index (χ2v) is 9.17. The molecule has 1 atom stereocenters. The molecule has 0 radical (unpaired) electrons. The van der Waals surface area contributed by atoms with Gasteiger partial charge in [-0.05, 0) is 67.6 Å². The predicted octanol–water partition coefficient (Wildman–Crippen LogP) is 5.23. The van der Waals surface area contributed by atoms with E-state index in [1.807, 2.05) is 0 Å². The fourth-order valence-corrected chi connectivity index (χ4v) is 4.55. The number of hydrogen-bond donors (Lipinski definition) is 1. The number of anilines is 2. The van der Waals surface area contributed by atoms with Crippen molar-refractivity contribution in [3.63, 3.8) is 0 Å². The minimum absolute atomic E-state index is 0.0672. The van der Waals surface area contributed by atoms with Crippen molar-refractivity contribution >= 4 is 40.1 Å². The van der Waals surface area contributed by atoms with E-state index < -0.39 is 29.6 Å². The van der Waals surface area contributed by atoms with E-state index in [1.165, 1.54) is 17.0 Å². The number of amides is 4. The molecule has 1 aliphatic heterocycles. The highest BCUT2D eigenvalue weighted by Gasteiger charge is 2.43. The highest BCUT2D eigenvalue weighted by Crippen LogP contribution is 2.37. The smallest absolute Gasteiger partial charge is 0.331 e. The van der Waals surface area contributed by atoms with Gasteiger partial charge in [0.1, 0.15) is 23.2 Å². The van der Waals surface area contributed by atoms with E-state index in [1.54, 1.807) is 69.8 Å². The molecule has 41 heavy (non-hydrogen) atoms. The normalized spacial score (nSPS) is 15.2. The Morgan fingerprint density at radius 2 is 1.66 bits per heavy atom. The molecule has 1 fully saturated rings. The third kappa shape index (κ3) is 5.46. The maximum absolute atomic E-state index is 13.4. The first-order chi connectivity index (χ1) is 19.8. The van der Waals surface area contributed by atoms with Crippen LogP contribution < -0.4 is 24.4 Å². The maximum atomic E-state index is 13.4. The zero-order valence-electron chi connectivity index (χ0n) is 22.6. The van der Waals surface area contributed by atoms with Crippen LogP contribution in [0.3, 0.4) is 0 Å². The SMILES string of the molecule is CCN1CC(C(=O)Nc2ccc(Oc3ccnc4cc(OC)c(OC)cc34)cc2)C(=O)N(c2ccc(F)cc2)C1=O. The topological polar surface area (TPSA) is 110 Å². The second kappa shape index (κ2) is 11.5. The third-order valence-electron chi connectivity index (χ3n) is 6.72. The van der Waals surface area contributed by atoms with Gasteiger partial charge in [-0.3, -0.25) is 14.6 Å². The second-order valence-electron chi connectivity index (χ2n) is 9.17. The van der Waals surface area contributed by atoms with Crippen LogP contribution >= 0.6 is 0 Å². The molecule has 11 heteroatoms. The van der Waals surface area contributed by atoms with E-state index in [9.17, 15) is 18.8 Å². The number of rotatable bonds is 8. The Hall–Kier alpha value is -5.19. The number of pyridine rings is 1.